The molecule has 2 aromatic carbocycles. The predicted octanol–water partition coefficient (Wildman–Crippen LogP) is 5.67. The lowest BCUT2D eigenvalue weighted by Crippen LogP contribution is -2.03. The summed E-state index contributed by atoms with van der Waals surface area (Å²) in [5.41, 5.74) is 4.18. The minimum absolute atomic E-state index is 0.119. The van der Waals surface area contributed by atoms with Gasteiger partial charge in [-0.1, -0.05) is 45.7 Å². The normalized spacial score (nSPS) is 15.2. The molecule has 2 aromatic rings. The van der Waals surface area contributed by atoms with Gasteiger partial charge in [-0.05, 0) is 52.2 Å². The number of rotatable bonds is 1. The molecule has 0 unspecified atom stereocenters. The first-order chi connectivity index (χ1) is 9.99. The maximum absolute atomic E-state index is 12.3. The van der Waals surface area contributed by atoms with E-state index in [1.807, 2.05) is 43.3 Å². The summed E-state index contributed by atoms with van der Waals surface area (Å²) >= 11 is 13.2. The van der Waals surface area contributed by atoms with Gasteiger partial charge >= 0.3 is 0 Å². The highest BCUT2D eigenvalue weighted by Crippen LogP contribution is 2.43. The predicted molar refractivity (Wildman–Crippen MR) is 94.5 cm³/mol. The first-order valence-electron chi connectivity index (χ1n) is 6.25. The standard InChI is InChI=1S/C16H10Br2ClNO/c1-8-11(17)7-12(18)15-14(8)10(16(21)20-15)6-9-4-2-3-5-13(9)19/h2-7H,1H3,(H,20,21). The number of amides is 1. The first-order valence-corrected chi connectivity index (χ1v) is 8.22. The molecule has 3 rings (SSSR count). The van der Waals surface area contributed by atoms with Crippen LogP contribution in [0.4, 0.5) is 5.69 Å². The summed E-state index contributed by atoms with van der Waals surface area (Å²) < 4.78 is 1.81. The van der Waals surface area contributed by atoms with E-state index in [-0.39, 0.29) is 5.91 Å². The maximum Gasteiger partial charge on any atom is 0.256 e. The summed E-state index contributed by atoms with van der Waals surface area (Å²) in [6.07, 6.45) is 1.83. The second-order valence-electron chi connectivity index (χ2n) is 4.75. The minimum Gasteiger partial charge on any atom is -0.320 e. The molecule has 1 N–H and O–H groups in total. The van der Waals surface area contributed by atoms with Crippen molar-refractivity contribution in [2.24, 2.45) is 0 Å². The number of hydrogen-bond donors (Lipinski definition) is 1. The van der Waals surface area contributed by atoms with Gasteiger partial charge in [-0.15, -0.1) is 0 Å². The van der Waals surface area contributed by atoms with Gasteiger partial charge in [0.15, 0.2) is 0 Å². The number of anilines is 1. The molecule has 0 aliphatic carbocycles. The summed E-state index contributed by atoms with van der Waals surface area (Å²) in [6, 6.07) is 9.41. The number of halogens is 3. The van der Waals surface area contributed by atoms with Crippen LogP contribution < -0.4 is 5.32 Å². The lowest BCUT2D eigenvalue weighted by molar-refractivity contribution is -0.110. The van der Waals surface area contributed by atoms with Crippen LogP contribution in [0.2, 0.25) is 5.02 Å². The van der Waals surface area contributed by atoms with Gasteiger partial charge in [0.2, 0.25) is 0 Å². The molecule has 1 amide bonds. The summed E-state index contributed by atoms with van der Waals surface area (Å²) in [6.45, 7) is 1.98. The van der Waals surface area contributed by atoms with Gasteiger partial charge in [-0.25, -0.2) is 0 Å². The fraction of sp³-hybridized carbons (Fsp3) is 0.0625. The highest BCUT2D eigenvalue weighted by Gasteiger charge is 2.29. The van der Waals surface area contributed by atoms with Crippen LogP contribution in [0.5, 0.6) is 0 Å². The summed E-state index contributed by atoms with van der Waals surface area (Å²) in [5.74, 6) is -0.119. The third-order valence-corrected chi connectivity index (χ3v) is 5.23. The van der Waals surface area contributed by atoms with E-state index in [0.29, 0.717) is 10.6 Å². The molecular formula is C16H10Br2ClNO. The van der Waals surface area contributed by atoms with Crippen molar-refractivity contribution < 1.29 is 4.79 Å². The molecule has 1 aliphatic heterocycles. The lowest BCUT2D eigenvalue weighted by Gasteiger charge is -2.08. The quantitative estimate of drug-likeness (QED) is 0.584. The Bertz CT molecular complexity index is 799. The fourth-order valence-corrected chi connectivity index (χ4v) is 3.81. The van der Waals surface area contributed by atoms with E-state index in [0.717, 1.165) is 31.3 Å². The Kier molecular flexibility index (Phi) is 3.95. The van der Waals surface area contributed by atoms with E-state index in [1.165, 1.54) is 0 Å². The molecule has 21 heavy (non-hydrogen) atoms. The molecule has 0 aromatic heterocycles. The molecule has 0 radical (unpaired) electrons. The molecule has 0 saturated carbocycles. The number of hydrogen-bond acceptors (Lipinski definition) is 1. The van der Waals surface area contributed by atoms with Crippen LogP contribution in [0.15, 0.2) is 39.3 Å². The van der Waals surface area contributed by atoms with E-state index < -0.39 is 0 Å². The molecule has 0 saturated heterocycles. The molecule has 0 atom stereocenters. The van der Waals surface area contributed by atoms with Crippen molar-refractivity contribution >= 4 is 66.7 Å². The first kappa shape index (κ1) is 14.8. The van der Waals surface area contributed by atoms with Crippen molar-refractivity contribution in [3.63, 3.8) is 0 Å². The summed E-state index contributed by atoms with van der Waals surface area (Å²) in [7, 11) is 0. The Morgan fingerprint density at radius 1 is 1.19 bits per heavy atom. The molecular weight excluding hydrogens is 417 g/mol. The molecule has 5 heteroatoms. The average molecular weight is 428 g/mol. The van der Waals surface area contributed by atoms with Gasteiger partial charge in [0.25, 0.3) is 5.91 Å². The van der Waals surface area contributed by atoms with Crippen molar-refractivity contribution in [2.75, 3.05) is 5.32 Å². The van der Waals surface area contributed by atoms with Gasteiger partial charge in [-0.2, -0.15) is 0 Å². The zero-order chi connectivity index (χ0) is 15.1. The third kappa shape index (κ3) is 2.56. The van der Waals surface area contributed by atoms with Gasteiger partial charge in [-0.3, -0.25) is 4.79 Å². The molecule has 106 valence electrons. The van der Waals surface area contributed by atoms with Gasteiger partial charge in [0.1, 0.15) is 0 Å². The minimum atomic E-state index is -0.119. The zero-order valence-corrected chi connectivity index (χ0v) is 14.9. The van der Waals surface area contributed by atoms with E-state index in [4.69, 9.17) is 11.6 Å². The van der Waals surface area contributed by atoms with Crippen LogP contribution in [0.1, 0.15) is 16.7 Å². The molecule has 0 bridgehead atoms. The zero-order valence-electron chi connectivity index (χ0n) is 11.0. The van der Waals surface area contributed by atoms with E-state index in [1.54, 1.807) is 0 Å². The number of nitrogens with one attached hydrogen (secondary N) is 1. The van der Waals surface area contributed by atoms with Gasteiger partial charge in [0.05, 0.1) is 5.69 Å². The van der Waals surface area contributed by atoms with Crippen molar-refractivity contribution in [3.8, 4) is 0 Å². The van der Waals surface area contributed by atoms with Gasteiger partial charge < -0.3 is 5.32 Å². The SMILES string of the molecule is Cc1c(Br)cc(Br)c2c1C(=Cc1ccccc1Cl)C(=O)N2. The number of carbonyl (C=O) groups excluding carboxylic acids is 1. The molecule has 0 fully saturated rings. The highest BCUT2D eigenvalue weighted by molar-refractivity contribution is 9.11. The fourth-order valence-electron chi connectivity index (χ4n) is 2.36. The second-order valence-corrected chi connectivity index (χ2v) is 6.86. The Morgan fingerprint density at radius 3 is 2.62 bits per heavy atom. The maximum atomic E-state index is 12.3. The van der Waals surface area contributed by atoms with Crippen molar-refractivity contribution in [3.05, 3.63) is 61.0 Å². The number of carbonyl (C=O) groups is 1. The van der Waals surface area contributed by atoms with Crippen LogP contribution in [0, 0.1) is 6.92 Å². The Morgan fingerprint density at radius 2 is 1.90 bits per heavy atom. The largest absolute Gasteiger partial charge is 0.320 e. The molecule has 2 nitrogen and oxygen atoms in total. The highest BCUT2D eigenvalue weighted by atomic mass is 79.9. The van der Waals surface area contributed by atoms with Crippen molar-refractivity contribution in [2.45, 2.75) is 6.92 Å². The van der Waals surface area contributed by atoms with Crippen LogP contribution in [-0.4, -0.2) is 5.91 Å². The molecule has 0 spiro atoms. The van der Waals surface area contributed by atoms with Crippen LogP contribution in [0.3, 0.4) is 0 Å². The van der Waals surface area contributed by atoms with Crippen molar-refractivity contribution in [1.82, 2.24) is 0 Å². The Balaban J connectivity index is 2.24. The summed E-state index contributed by atoms with van der Waals surface area (Å²) in [5, 5.41) is 3.53. The van der Waals surface area contributed by atoms with E-state index >= 15 is 0 Å². The molecule has 1 aliphatic rings. The second kappa shape index (κ2) is 5.59. The van der Waals surface area contributed by atoms with E-state index in [2.05, 4.69) is 37.2 Å². The Labute approximate surface area is 144 Å². The third-order valence-electron chi connectivity index (χ3n) is 3.43. The topological polar surface area (TPSA) is 29.1 Å². The molecule has 1 heterocycles. The summed E-state index contributed by atoms with van der Waals surface area (Å²) in [4.78, 5) is 12.3. The number of benzene rings is 2. The van der Waals surface area contributed by atoms with Gasteiger partial charge in [0, 0.05) is 25.1 Å². The van der Waals surface area contributed by atoms with Crippen LogP contribution in [0.25, 0.3) is 11.6 Å². The van der Waals surface area contributed by atoms with Crippen molar-refractivity contribution in [1.29, 1.82) is 0 Å². The van der Waals surface area contributed by atoms with Crippen LogP contribution in [-0.2, 0) is 4.79 Å². The Hall–Kier alpha value is -1.10. The monoisotopic (exact) mass is 425 g/mol. The number of fused-ring (bicyclic) bond motifs is 1. The van der Waals surface area contributed by atoms with Crippen LogP contribution >= 0.6 is 43.5 Å². The van der Waals surface area contributed by atoms with E-state index in [9.17, 15) is 4.79 Å². The average Bonchev–Trinajstić information content (AvgIpc) is 2.77. The lowest BCUT2D eigenvalue weighted by atomic mass is 9.99. The smallest absolute Gasteiger partial charge is 0.256 e.